The van der Waals surface area contributed by atoms with Gasteiger partial charge in [-0.05, 0) is 36.8 Å². The molecule has 1 aromatic rings. The van der Waals surface area contributed by atoms with E-state index < -0.39 is 0 Å². The smallest absolute Gasteiger partial charge is 0.0949 e. The van der Waals surface area contributed by atoms with E-state index in [1.54, 1.807) is 0 Å². The summed E-state index contributed by atoms with van der Waals surface area (Å²) in [6.07, 6.45) is 7.11. The SMILES string of the molecule is CCNCC(OCC1CC=CCC1C)c1ccccc1. The van der Waals surface area contributed by atoms with Crippen LogP contribution in [0.2, 0.25) is 0 Å². The van der Waals surface area contributed by atoms with Crippen LogP contribution in [0, 0.1) is 11.8 Å². The van der Waals surface area contributed by atoms with Crippen LogP contribution >= 0.6 is 0 Å². The fraction of sp³-hybridized carbons (Fsp3) is 0.556. The summed E-state index contributed by atoms with van der Waals surface area (Å²) < 4.78 is 6.24. The van der Waals surface area contributed by atoms with Crippen LogP contribution in [0.4, 0.5) is 0 Å². The average Bonchev–Trinajstić information content (AvgIpc) is 2.50. The van der Waals surface area contributed by atoms with E-state index in [-0.39, 0.29) is 6.10 Å². The van der Waals surface area contributed by atoms with Gasteiger partial charge in [-0.15, -0.1) is 0 Å². The first-order chi connectivity index (χ1) is 9.81. The van der Waals surface area contributed by atoms with Crippen molar-refractivity contribution in [1.82, 2.24) is 5.32 Å². The molecule has 0 bridgehead atoms. The third-order valence-electron chi connectivity index (χ3n) is 4.18. The molecule has 2 rings (SSSR count). The molecule has 110 valence electrons. The molecule has 0 amide bonds. The molecule has 1 aliphatic rings. The molecule has 1 aromatic carbocycles. The Kier molecular flexibility index (Phi) is 6.28. The molecule has 1 N–H and O–H groups in total. The predicted molar refractivity (Wildman–Crippen MR) is 84.7 cm³/mol. The van der Waals surface area contributed by atoms with Gasteiger partial charge in [0.25, 0.3) is 0 Å². The topological polar surface area (TPSA) is 21.3 Å². The van der Waals surface area contributed by atoms with Crippen LogP contribution in [-0.4, -0.2) is 19.7 Å². The van der Waals surface area contributed by atoms with E-state index in [1.807, 2.05) is 0 Å². The molecular weight excluding hydrogens is 246 g/mol. The van der Waals surface area contributed by atoms with Crippen LogP contribution in [0.3, 0.4) is 0 Å². The average molecular weight is 273 g/mol. The summed E-state index contributed by atoms with van der Waals surface area (Å²) in [5.41, 5.74) is 1.27. The van der Waals surface area contributed by atoms with Crippen LogP contribution in [0.1, 0.15) is 38.4 Å². The van der Waals surface area contributed by atoms with Gasteiger partial charge in [0.05, 0.1) is 12.7 Å². The molecule has 2 nitrogen and oxygen atoms in total. The van der Waals surface area contributed by atoms with Crippen LogP contribution in [-0.2, 0) is 4.74 Å². The summed E-state index contributed by atoms with van der Waals surface area (Å²) in [4.78, 5) is 0. The van der Waals surface area contributed by atoms with E-state index >= 15 is 0 Å². The lowest BCUT2D eigenvalue weighted by molar-refractivity contribution is 0.0160. The van der Waals surface area contributed by atoms with Gasteiger partial charge in [0.2, 0.25) is 0 Å². The lowest BCUT2D eigenvalue weighted by atomic mass is 9.85. The Morgan fingerprint density at radius 1 is 1.20 bits per heavy atom. The largest absolute Gasteiger partial charge is 0.372 e. The maximum absolute atomic E-state index is 6.24. The van der Waals surface area contributed by atoms with E-state index in [0.717, 1.165) is 32.0 Å². The minimum absolute atomic E-state index is 0.161. The zero-order valence-corrected chi connectivity index (χ0v) is 12.7. The molecule has 0 saturated carbocycles. The molecular formula is C18H27NO. The van der Waals surface area contributed by atoms with E-state index in [4.69, 9.17) is 4.74 Å². The van der Waals surface area contributed by atoms with Crippen molar-refractivity contribution in [3.8, 4) is 0 Å². The lowest BCUT2D eigenvalue weighted by Crippen LogP contribution is -2.26. The van der Waals surface area contributed by atoms with Crippen LogP contribution in [0.25, 0.3) is 0 Å². The number of likely N-dealkylation sites (N-methyl/N-ethyl adjacent to an activating group) is 1. The van der Waals surface area contributed by atoms with Gasteiger partial charge in [-0.3, -0.25) is 0 Å². The fourth-order valence-corrected chi connectivity index (χ4v) is 2.69. The summed E-state index contributed by atoms with van der Waals surface area (Å²) in [7, 11) is 0. The highest BCUT2D eigenvalue weighted by molar-refractivity contribution is 5.18. The van der Waals surface area contributed by atoms with E-state index in [2.05, 4.69) is 61.6 Å². The molecule has 0 aromatic heterocycles. The zero-order valence-electron chi connectivity index (χ0n) is 12.7. The zero-order chi connectivity index (χ0) is 14.2. The number of nitrogens with one attached hydrogen (secondary N) is 1. The Balaban J connectivity index is 1.92. The quantitative estimate of drug-likeness (QED) is 0.759. The minimum atomic E-state index is 0.161. The molecule has 3 atom stereocenters. The second kappa shape index (κ2) is 8.23. The number of ether oxygens (including phenoxy) is 1. The van der Waals surface area contributed by atoms with E-state index in [0.29, 0.717) is 5.92 Å². The van der Waals surface area contributed by atoms with Gasteiger partial charge in [0, 0.05) is 6.54 Å². The molecule has 0 heterocycles. The highest BCUT2D eigenvalue weighted by atomic mass is 16.5. The van der Waals surface area contributed by atoms with Crippen molar-refractivity contribution in [3.05, 3.63) is 48.0 Å². The first-order valence-electron chi connectivity index (χ1n) is 7.83. The fourth-order valence-electron chi connectivity index (χ4n) is 2.69. The summed E-state index contributed by atoms with van der Waals surface area (Å²) in [5.74, 6) is 1.39. The highest BCUT2D eigenvalue weighted by Crippen LogP contribution is 2.27. The van der Waals surface area contributed by atoms with Crippen molar-refractivity contribution >= 4 is 0 Å². The van der Waals surface area contributed by atoms with Gasteiger partial charge in [0.1, 0.15) is 0 Å². The van der Waals surface area contributed by atoms with Crippen LogP contribution in [0.5, 0.6) is 0 Å². The Morgan fingerprint density at radius 2 is 1.95 bits per heavy atom. The van der Waals surface area contributed by atoms with Gasteiger partial charge in [-0.1, -0.05) is 56.3 Å². The number of hydrogen-bond donors (Lipinski definition) is 1. The maximum Gasteiger partial charge on any atom is 0.0949 e. The summed E-state index contributed by atoms with van der Waals surface area (Å²) in [6, 6.07) is 10.5. The van der Waals surface area contributed by atoms with Gasteiger partial charge < -0.3 is 10.1 Å². The second-order valence-corrected chi connectivity index (χ2v) is 5.72. The first-order valence-corrected chi connectivity index (χ1v) is 7.83. The maximum atomic E-state index is 6.24. The molecule has 20 heavy (non-hydrogen) atoms. The highest BCUT2D eigenvalue weighted by Gasteiger charge is 2.20. The van der Waals surface area contributed by atoms with E-state index in [9.17, 15) is 0 Å². The molecule has 2 heteroatoms. The Morgan fingerprint density at radius 3 is 2.65 bits per heavy atom. The molecule has 0 saturated heterocycles. The molecule has 0 aliphatic heterocycles. The molecule has 0 radical (unpaired) electrons. The standard InChI is InChI=1S/C18H27NO/c1-3-19-13-18(16-10-5-4-6-11-16)20-14-17-12-8-7-9-15(17)2/h4-8,10-11,15,17-19H,3,9,12-14H2,1-2H3. The molecule has 0 fully saturated rings. The summed E-state index contributed by atoms with van der Waals surface area (Å²) in [6.45, 7) is 7.19. The van der Waals surface area contributed by atoms with Gasteiger partial charge >= 0.3 is 0 Å². The van der Waals surface area contributed by atoms with Crippen LogP contribution in [0.15, 0.2) is 42.5 Å². The van der Waals surface area contributed by atoms with Crippen LogP contribution < -0.4 is 5.32 Å². The van der Waals surface area contributed by atoms with Crippen molar-refractivity contribution in [2.75, 3.05) is 19.7 Å². The van der Waals surface area contributed by atoms with Crippen molar-refractivity contribution in [3.63, 3.8) is 0 Å². The second-order valence-electron chi connectivity index (χ2n) is 5.72. The summed E-state index contributed by atoms with van der Waals surface area (Å²) in [5, 5.41) is 3.41. The van der Waals surface area contributed by atoms with Crippen molar-refractivity contribution in [2.45, 2.75) is 32.8 Å². The summed E-state index contributed by atoms with van der Waals surface area (Å²) >= 11 is 0. The normalized spacial score (nSPS) is 23.7. The van der Waals surface area contributed by atoms with Crippen molar-refractivity contribution < 1.29 is 4.74 Å². The Labute approximate surface area is 123 Å². The monoisotopic (exact) mass is 273 g/mol. The van der Waals surface area contributed by atoms with Gasteiger partial charge in [-0.25, -0.2) is 0 Å². The van der Waals surface area contributed by atoms with E-state index in [1.165, 1.54) is 12.0 Å². The predicted octanol–water partition coefficient (Wildman–Crippen LogP) is 3.96. The number of rotatable bonds is 7. The van der Waals surface area contributed by atoms with Gasteiger partial charge in [0.15, 0.2) is 0 Å². The Hall–Kier alpha value is -1.12. The third kappa shape index (κ3) is 4.46. The number of benzene rings is 1. The van der Waals surface area contributed by atoms with Gasteiger partial charge in [-0.2, -0.15) is 0 Å². The molecule has 1 aliphatic carbocycles. The van der Waals surface area contributed by atoms with Crippen molar-refractivity contribution in [2.24, 2.45) is 11.8 Å². The molecule has 3 unspecified atom stereocenters. The minimum Gasteiger partial charge on any atom is -0.372 e. The number of allylic oxidation sites excluding steroid dienone is 2. The third-order valence-corrected chi connectivity index (χ3v) is 4.18. The molecule has 0 spiro atoms. The Bertz CT molecular complexity index is 401. The first kappa shape index (κ1) is 15.3. The van der Waals surface area contributed by atoms with Crippen molar-refractivity contribution in [1.29, 1.82) is 0 Å². The lowest BCUT2D eigenvalue weighted by Gasteiger charge is -2.28. The number of hydrogen-bond acceptors (Lipinski definition) is 2.